The third-order valence-corrected chi connectivity index (χ3v) is 5.05. The van der Waals surface area contributed by atoms with E-state index in [1.165, 1.54) is 4.90 Å². The van der Waals surface area contributed by atoms with Gasteiger partial charge in [-0.15, -0.1) is 0 Å². The number of urea groups is 1. The van der Waals surface area contributed by atoms with Crippen LogP contribution in [0.4, 0.5) is 10.6 Å². The van der Waals surface area contributed by atoms with Crippen LogP contribution in [0.25, 0.3) is 0 Å². The monoisotopic (exact) mass is 363 g/mol. The van der Waals surface area contributed by atoms with Crippen molar-refractivity contribution in [3.8, 4) is 0 Å². The number of aliphatic carboxylic acids is 1. The number of hydrogen-bond donors (Lipinski definition) is 2. The third-order valence-electron chi connectivity index (χ3n) is 5.05. The fourth-order valence-corrected chi connectivity index (χ4v) is 3.83. The summed E-state index contributed by atoms with van der Waals surface area (Å²) in [6, 6.07) is 0.869. The molecule has 2 N–H and O–H groups in total. The number of nitrogens with zero attached hydrogens (tertiary/aromatic N) is 4. The van der Waals surface area contributed by atoms with E-state index in [9.17, 15) is 19.5 Å². The second kappa shape index (κ2) is 6.97. The molecule has 2 fully saturated rings. The standard InChI is InChI=1S/C17H25N5O4/c1-10-6-12(16(24)25)9-21(8-10)17(26)18-13-4-5-22(15(13)23)14-7-11(2)19-20(14)3/h7,10,12-13H,4-6,8-9H2,1-3H3,(H,18,26)(H,24,25). The second-order valence-corrected chi connectivity index (χ2v) is 7.33. The van der Waals surface area contributed by atoms with Crippen LogP contribution >= 0.6 is 0 Å². The van der Waals surface area contributed by atoms with Gasteiger partial charge in [0.15, 0.2) is 0 Å². The Kier molecular flexibility index (Phi) is 4.88. The Bertz CT molecular complexity index is 731. The lowest BCUT2D eigenvalue weighted by molar-refractivity contribution is -0.143. The van der Waals surface area contributed by atoms with E-state index in [4.69, 9.17) is 0 Å². The summed E-state index contributed by atoms with van der Waals surface area (Å²) in [7, 11) is 1.78. The number of nitrogens with one attached hydrogen (secondary N) is 1. The molecule has 3 rings (SSSR count). The van der Waals surface area contributed by atoms with E-state index in [1.807, 2.05) is 19.9 Å². The molecule has 142 valence electrons. The Morgan fingerprint density at radius 1 is 1.35 bits per heavy atom. The van der Waals surface area contributed by atoms with Crippen LogP contribution in [0.3, 0.4) is 0 Å². The van der Waals surface area contributed by atoms with Gasteiger partial charge in [-0.3, -0.25) is 19.2 Å². The van der Waals surface area contributed by atoms with Gasteiger partial charge in [0.1, 0.15) is 11.9 Å². The van der Waals surface area contributed by atoms with Gasteiger partial charge in [-0.25, -0.2) is 4.79 Å². The van der Waals surface area contributed by atoms with Crippen molar-refractivity contribution in [2.24, 2.45) is 18.9 Å². The molecule has 9 nitrogen and oxygen atoms in total. The molecule has 0 bridgehead atoms. The fraction of sp³-hybridized carbons (Fsp3) is 0.647. The lowest BCUT2D eigenvalue weighted by atomic mass is 9.91. The van der Waals surface area contributed by atoms with Crippen LogP contribution in [0.1, 0.15) is 25.5 Å². The van der Waals surface area contributed by atoms with Gasteiger partial charge in [-0.2, -0.15) is 5.10 Å². The van der Waals surface area contributed by atoms with Crippen LogP contribution in [0.5, 0.6) is 0 Å². The summed E-state index contributed by atoms with van der Waals surface area (Å²) in [5.74, 6) is -0.784. The van der Waals surface area contributed by atoms with Crippen molar-refractivity contribution in [3.63, 3.8) is 0 Å². The Balaban J connectivity index is 1.64. The van der Waals surface area contributed by atoms with Crippen molar-refractivity contribution in [3.05, 3.63) is 11.8 Å². The first-order chi connectivity index (χ1) is 12.3. The van der Waals surface area contributed by atoms with Gasteiger partial charge >= 0.3 is 12.0 Å². The normalized spacial score (nSPS) is 26.3. The second-order valence-electron chi connectivity index (χ2n) is 7.33. The van der Waals surface area contributed by atoms with E-state index in [0.717, 1.165) is 5.69 Å². The Morgan fingerprint density at radius 2 is 2.08 bits per heavy atom. The molecule has 1 aromatic heterocycles. The highest BCUT2D eigenvalue weighted by Crippen LogP contribution is 2.24. The summed E-state index contributed by atoms with van der Waals surface area (Å²) in [6.07, 6.45) is 1.08. The number of aryl methyl sites for hydroxylation is 2. The fourth-order valence-electron chi connectivity index (χ4n) is 3.83. The van der Waals surface area contributed by atoms with Crippen molar-refractivity contribution in [1.82, 2.24) is 20.0 Å². The van der Waals surface area contributed by atoms with Crippen LogP contribution < -0.4 is 10.2 Å². The summed E-state index contributed by atoms with van der Waals surface area (Å²) in [5.41, 5.74) is 0.824. The minimum Gasteiger partial charge on any atom is -0.481 e. The first-order valence-corrected chi connectivity index (χ1v) is 8.86. The zero-order valence-electron chi connectivity index (χ0n) is 15.3. The number of amides is 3. The van der Waals surface area contributed by atoms with Gasteiger partial charge in [-0.1, -0.05) is 6.92 Å². The SMILES string of the molecule is Cc1cc(N2CCC(NC(=O)N3CC(C)CC(C(=O)O)C3)C2=O)n(C)n1. The molecule has 3 heterocycles. The molecule has 0 radical (unpaired) electrons. The lowest BCUT2D eigenvalue weighted by Gasteiger charge is -2.35. The largest absolute Gasteiger partial charge is 0.481 e. The number of carbonyl (C=O) groups is 3. The Labute approximate surface area is 151 Å². The van der Waals surface area contributed by atoms with Crippen LogP contribution in [-0.4, -0.2) is 63.4 Å². The molecular weight excluding hydrogens is 338 g/mol. The number of carboxylic acid groups (broad SMARTS) is 1. The predicted molar refractivity (Wildman–Crippen MR) is 93.7 cm³/mol. The van der Waals surface area contributed by atoms with E-state index >= 15 is 0 Å². The Hall–Kier alpha value is -2.58. The summed E-state index contributed by atoms with van der Waals surface area (Å²) in [4.78, 5) is 39.7. The van der Waals surface area contributed by atoms with Crippen molar-refractivity contribution in [2.75, 3.05) is 24.5 Å². The quantitative estimate of drug-likeness (QED) is 0.817. The smallest absolute Gasteiger partial charge is 0.318 e. The predicted octanol–water partition coefficient (Wildman–Crippen LogP) is 0.586. The van der Waals surface area contributed by atoms with Crippen LogP contribution in [0.15, 0.2) is 6.07 Å². The van der Waals surface area contributed by atoms with Crippen LogP contribution in [-0.2, 0) is 16.6 Å². The van der Waals surface area contributed by atoms with Crippen molar-refractivity contribution in [1.29, 1.82) is 0 Å². The first kappa shape index (κ1) is 18.2. The maximum Gasteiger partial charge on any atom is 0.318 e. The number of likely N-dealkylation sites (tertiary alicyclic amines) is 1. The number of aromatic nitrogens is 2. The molecule has 9 heteroatoms. The lowest BCUT2D eigenvalue weighted by Crippen LogP contribution is -2.53. The van der Waals surface area contributed by atoms with E-state index in [1.54, 1.807) is 16.6 Å². The summed E-state index contributed by atoms with van der Waals surface area (Å²) >= 11 is 0. The van der Waals surface area contributed by atoms with Gasteiger partial charge in [0.2, 0.25) is 0 Å². The van der Waals surface area contributed by atoms with E-state index in [0.29, 0.717) is 31.7 Å². The molecule has 3 atom stereocenters. The topological polar surface area (TPSA) is 108 Å². The molecule has 26 heavy (non-hydrogen) atoms. The maximum absolute atomic E-state index is 12.7. The van der Waals surface area contributed by atoms with E-state index in [2.05, 4.69) is 10.4 Å². The third kappa shape index (κ3) is 3.51. The molecule has 3 unspecified atom stereocenters. The Morgan fingerprint density at radius 3 is 2.69 bits per heavy atom. The highest BCUT2D eigenvalue weighted by Gasteiger charge is 2.37. The first-order valence-electron chi connectivity index (χ1n) is 8.86. The van der Waals surface area contributed by atoms with Gasteiger partial charge in [0.25, 0.3) is 5.91 Å². The number of anilines is 1. The zero-order valence-corrected chi connectivity index (χ0v) is 15.3. The molecule has 2 aliphatic heterocycles. The van der Waals surface area contributed by atoms with Crippen molar-refractivity contribution in [2.45, 2.75) is 32.7 Å². The summed E-state index contributed by atoms with van der Waals surface area (Å²) < 4.78 is 1.65. The van der Waals surface area contributed by atoms with Crippen molar-refractivity contribution < 1.29 is 19.5 Å². The molecule has 2 aliphatic rings. The molecule has 3 amide bonds. The highest BCUT2D eigenvalue weighted by molar-refractivity contribution is 6.00. The molecule has 1 aromatic rings. The average Bonchev–Trinajstić information content (AvgIpc) is 3.08. The summed E-state index contributed by atoms with van der Waals surface area (Å²) in [5, 5.41) is 16.3. The van der Waals surface area contributed by atoms with Crippen LogP contribution in [0.2, 0.25) is 0 Å². The minimum absolute atomic E-state index is 0.115. The molecular formula is C17H25N5O4. The van der Waals surface area contributed by atoms with Crippen molar-refractivity contribution >= 4 is 23.7 Å². The van der Waals surface area contributed by atoms with E-state index < -0.39 is 17.9 Å². The highest BCUT2D eigenvalue weighted by atomic mass is 16.4. The van der Waals surface area contributed by atoms with Gasteiger partial charge in [-0.05, 0) is 25.7 Å². The molecule has 0 spiro atoms. The zero-order chi connectivity index (χ0) is 19.0. The van der Waals surface area contributed by atoms with Gasteiger partial charge in [0, 0.05) is 32.7 Å². The molecule has 2 saturated heterocycles. The van der Waals surface area contributed by atoms with E-state index in [-0.39, 0.29) is 24.4 Å². The number of hydrogen-bond acceptors (Lipinski definition) is 4. The number of rotatable bonds is 3. The van der Waals surface area contributed by atoms with Gasteiger partial charge < -0.3 is 15.3 Å². The average molecular weight is 363 g/mol. The van der Waals surface area contributed by atoms with Gasteiger partial charge in [0.05, 0.1) is 11.6 Å². The number of carbonyl (C=O) groups excluding carboxylic acids is 2. The molecule has 0 saturated carbocycles. The molecule has 0 aliphatic carbocycles. The summed E-state index contributed by atoms with van der Waals surface area (Å²) in [6.45, 7) is 4.98. The molecule has 0 aromatic carbocycles. The van der Waals surface area contributed by atoms with Crippen LogP contribution in [0, 0.1) is 18.8 Å². The number of piperidine rings is 1. The number of carboxylic acids is 1. The minimum atomic E-state index is -0.885. The maximum atomic E-state index is 12.7.